The van der Waals surface area contributed by atoms with Crippen molar-refractivity contribution in [1.29, 1.82) is 0 Å². The fraction of sp³-hybridized carbons (Fsp3) is 0. The number of aromatic hydroxyl groups is 1. The zero-order valence-electron chi connectivity index (χ0n) is 6.05. The Hall–Kier alpha value is -0.745. The zero-order valence-corrected chi connectivity index (χ0v) is 6.81. The lowest BCUT2D eigenvalue weighted by Gasteiger charge is -1.88. The minimum atomic E-state index is -2.17. The molecule has 1 aromatic carbocycles. The summed E-state index contributed by atoms with van der Waals surface area (Å²) in [6.07, 6.45) is 0. The van der Waals surface area contributed by atoms with Gasteiger partial charge in [-0.3, -0.25) is 0 Å². The molecule has 4 N–H and O–H groups in total. The second-order valence-corrected chi connectivity index (χ2v) is 2.26. The highest BCUT2D eigenvalue weighted by atomic mass is 35.5. The molecule has 4 nitrogen and oxygen atoms in total. The van der Waals surface area contributed by atoms with Crippen LogP contribution in [0.5, 0.6) is 5.75 Å². The second kappa shape index (κ2) is 5.85. The molecule has 0 bridgehead atoms. The summed E-state index contributed by atoms with van der Waals surface area (Å²) < 4.78 is 0. The van der Waals surface area contributed by atoms with E-state index in [-0.39, 0.29) is 5.75 Å². The molecule has 1 rings (SSSR count). The van der Waals surface area contributed by atoms with Crippen molar-refractivity contribution >= 4 is 18.9 Å². The molecule has 0 saturated heterocycles. The summed E-state index contributed by atoms with van der Waals surface area (Å²) in [4.78, 5) is 0. The number of hydrogen-bond acceptors (Lipinski definition) is 4. The highest BCUT2D eigenvalue weighted by molar-refractivity contribution is 6.30. The lowest BCUT2D eigenvalue weighted by atomic mass is 10.3. The van der Waals surface area contributed by atoms with Crippen molar-refractivity contribution < 1.29 is 20.2 Å². The summed E-state index contributed by atoms with van der Waals surface area (Å²) in [6, 6.07) is 6.46. The molecule has 0 aliphatic heterocycles. The van der Waals surface area contributed by atoms with Crippen LogP contribution in [-0.4, -0.2) is 27.5 Å². The van der Waals surface area contributed by atoms with Gasteiger partial charge in [-0.1, -0.05) is 17.7 Å². The van der Waals surface area contributed by atoms with Crippen molar-refractivity contribution in [1.82, 2.24) is 0 Å². The van der Waals surface area contributed by atoms with Gasteiger partial charge in [0.05, 0.1) is 0 Å². The molecule has 0 fully saturated rings. The summed E-state index contributed by atoms with van der Waals surface area (Å²) in [5.41, 5.74) is 0. The molecule has 0 amide bonds. The van der Waals surface area contributed by atoms with E-state index in [1.54, 1.807) is 18.2 Å². The van der Waals surface area contributed by atoms with Crippen molar-refractivity contribution in [3.05, 3.63) is 29.3 Å². The Balaban J connectivity index is 0.000000261. The summed E-state index contributed by atoms with van der Waals surface area (Å²) in [6.45, 7) is 0. The maximum atomic E-state index is 8.73. The number of phenolic OH excluding ortho intramolecular Hbond substituents is 1. The van der Waals surface area contributed by atoms with Crippen molar-refractivity contribution in [2.75, 3.05) is 0 Å². The third-order valence-corrected chi connectivity index (χ3v) is 1.04. The van der Waals surface area contributed by atoms with Crippen LogP contribution in [0.2, 0.25) is 5.02 Å². The van der Waals surface area contributed by atoms with Gasteiger partial charge in [-0.15, -0.1) is 0 Å². The van der Waals surface area contributed by atoms with E-state index in [1.807, 2.05) is 0 Å². The summed E-state index contributed by atoms with van der Waals surface area (Å²) in [5.74, 6) is 0.206. The van der Waals surface area contributed by atoms with Crippen molar-refractivity contribution in [3.8, 4) is 5.75 Å². The Bertz CT molecular complexity index is 211. The van der Waals surface area contributed by atoms with Crippen LogP contribution in [-0.2, 0) is 0 Å². The third-order valence-electron chi connectivity index (χ3n) is 0.808. The van der Waals surface area contributed by atoms with Gasteiger partial charge in [0.1, 0.15) is 5.75 Å². The molecule has 1 aromatic rings. The molecule has 0 unspecified atom stereocenters. The van der Waals surface area contributed by atoms with Gasteiger partial charge in [-0.05, 0) is 18.2 Å². The molecule has 6 heteroatoms. The molecule has 0 spiro atoms. The highest BCUT2D eigenvalue weighted by Crippen LogP contribution is 2.14. The van der Waals surface area contributed by atoms with Crippen LogP contribution in [0.1, 0.15) is 0 Å². The molecular weight excluding hydrogens is 182 g/mol. The number of rotatable bonds is 0. The summed E-state index contributed by atoms with van der Waals surface area (Å²) in [5, 5.41) is 30.8. The van der Waals surface area contributed by atoms with Crippen LogP contribution in [0.4, 0.5) is 0 Å². The fourth-order valence-electron chi connectivity index (χ4n) is 0.476. The lowest BCUT2D eigenvalue weighted by molar-refractivity contribution is 0.278. The fourth-order valence-corrected chi connectivity index (χ4v) is 0.661. The molecule has 0 heterocycles. The van der Waals surface area contributed by atoms with E-state index in [9.17, 15) is 0 Å². The molecule has 0 aliphatic rings. The van der Waals surface area contributed by atoms with Gasteiger partial charge in [-0.25, -0.2) is 0 Å². The molecule has 0 aliphatic carbocycles. The van der Waals surface area contributed by atoms with Gasteiger partial charge >= 0.3 is 7.32 Å². The molecular formula is C6H8BClO4. The first kappa shape index (κ1) is 11.3. The minimum absolute atomic E-state index is 0.206. The molecule has 66 valence electrons. The first-order chi connectivity index (χ1) is 5.52. The van der Waals surface area contributed by atoms with Crippen molar-refractivity contribution in [2.45, 2.75) is 0 Å². The normalized spacial score (nSPS) is 8.33. The first-order valence-corrected chi connectivity index (χ1v) is 3.39. The van der Waals surface area contributed by atoms with Crippen LogP contribution >= 0.6 is 11.6 Å². The lowest BCUT2D eigenvalue weighted by Crippen LogP contribution is -2.07. The van der Waals surface area contributed by atoms with Gasteiger partial charge in [-0.2, -0.15) is 0 Å². The van der Waals surface area contributed by atoms with Crippen molar-refractivity contribution in [2.24, 2.45) is 0 Å². The Kier molecular flexibility index (Phi) is 5.49. The first-order valence-electron chi connectivity index (χ1n) is 3.01. The SMILES string of the molecule is OB(O)O.Oc1cccc(Cl)c1. The quantitative estimate of drug-likeness (QED) is 0.434. The minimum Gasteiger partial charge on any atom is -0.508 e. The molecule has 0 aromatic heterocycles. The average Bonchev–Trinajstić information content (AvgIpc) is 1.84. The van der Waals surface area contributed by atoms with E-state index in [0.717, 1.165) is 0 Å². The Morgan fingerprint density at radius 1 is 1.17 bits per heavy atom. The third kappa shape index (κ3) is 7.36. The van der Waals surface area contributed by atoms with E-state index in [4.69, 9.17) is 31.8 Å². The van der Waals surface area contributed by atoms with Crippen LogP contribution in [0, 0.1) is 0 Å². The van der Waals surface area contributed by atoms with Crippen molar-refractivity contribution in [3.63, 3.8) is 0 Å². The number of halogens is 1. The number of hydrogen-bond donors (Lipinski definition) is 4. The maximum absolute atomic E-state index is 8.73. The maximum Gasteiger partial charge on any atom is 0.631 e. The number of phenols is 1. The zero-order chi connectivity index (χ0) is 9.56. The van der Waals surface area contributed by atoms with Crippen LogP contribution in [0.3, 0.4) is 0 Å². The molecule has 12 heavy (non-hydrogen) atoms. The van der Waals surface area contributed by atoms with Gasteiger partial charge in [0.25, 0.3) is 0 Å². The molecule has 0 atom stereocenters. The Labute approximate surface area is 74.8 Å². The standard InChI is InChI=1S/C6H5ClO.BH3O3/c7-5-2-1-3-6(8)4-5;2-1(3)4/h1-4,8H;2-4H. The largest absolute Gasteiger partial charge is 0.631 e. The van der Waals surface area contributed by atoms with Crippen LogP contribution < -0.4 is 0 Å². The summed E-state index contributed by atoms with van der Waals surface area (Å²) >= 11 is 5.48. The van der Waals surface area contributed by atoms with Gasteiger partial charge in [0, 0.05) is 5.02 Å². The van der Waals surface area contributed by atoms with Crippen LogP contribution in [0.25, 0.3) is 0 Å². The predicted octanol–water partition coefficient (Wildman–Crippen LogP) is -0.00620. The monoisotopic (exact) mass is 190 g/mol. The van der Waals surface area contributed by atoms with E-state index in [0.29, 0.717) is 5.02 Å². The second-order valence-electron chi connectivity index (χ2n) is 1.83. The topological polar surface area (TPSA) is 80.9 Å². The predicted molar refractivity (Wildman–Crippen MR) is 45.5 cm³/mol. The Morgan fingerprint density at radius 3 is 1.92 bits per heavy atom. The van der Waals surface area contributed by atoms with E-state index < -0.39 is 7.32 Å². The number of benzene rings is 1. The average molecular weight is 190 g/mol. The summed E-state index contributed by atoms with van der Waals surface area (Å²) in [7, 11) is -2.17. The van der Waals surface area contributed by atoms with E-state index in [2.05, 4.69) is 0 Å². The van der Waals surface area contributed by atoms with Gasteiger partial charge in [0.2, 0.25) is 0 Å². The highest BCUT2D eigenvalue weighted by Gasteiger charge is 1.92. The van der Waals surface area contributed by atoms with E-state index >= 15 is 0 Å². The van der Waals surface area contributed by atoms with Gasteiger partial charge in [0.15, 0.2) is 0 Å². The smallest absolute Gasteiger partial charge is 0.508 e. The molecule has 0 saturated carbocycles. The molecule has 0 radical (unpaired) electrons. The Morgan fingerprint density at radius 2 is 1.67 bits per heavy atom. The van der Waals surface area contributed by atoms with Crippen LogP contribution in [0.15, 0.2) is 24.3 Å². The van der Waals surface area contributed by atoms with E-state index in [1.165, 1.54) is 6.07 Å². The van der Waals surface area contributed by atoms with Gasteiger partial charge < -0.3 is 20.2 Å².